The Morgan fingerprint density at radius 2 is 1.76 bits per heavy atom. The zero-order chi connectivity index (χ0) is 16.4. The van der Waals surface area contributed by atoms with Crippen molar-refractivity contribution in [1.29, 1.82) is 0 Å². The summed E-state index contributed by atoms with van der Waals surface area (Å²) in [6.07, 6.45) is -2.76. The first kappa shape index (κ1) is 22.1. The maximum atomic E-state index is 12.8. The molecule has 1 aliphatic rings. The van der Waals surface area contributed by atoms with Crippen LogP contribution < -0.4 is 5.32 Å². The Morgan fingerprint density at radius 1 is 1.12 bits per heavy atom. The largest absolute Gasteiger partial charge is 0.389 e. The molecule has 1 N–H and O–H groups in total. The predicted octanol–water partition coefficient (Wildman–Crippen LogP) is 4.31. The molecule has 0 aliphatic carbocycles. The van der Waals surface area contributed by atoms with Gasteiger partial charge in [0, 0.05) is 62.8 Å². The molecule has 1 fully saturated rings. The van der Waals surface area contributed by atoms with Crippen molar-refractivity contribution in [2.75, 3.05) is 26.2 Å². The Morgan fingerprint density at radius 3 is 2.40 bits per heavy atom. The SMILES string of the molecule is Cl.Cl.Cn1cc([C@H](CCC(F)(F)F)N2CCNCC2)c2ccccc21. The molecule has 1 atom stereocenters. The van der Waals surface area contributed by atoms with E-state index in [2.05, 4.69) is 10.2 Å². The lowest BCUT2D eigenvalue weighted by Crippen LogP contribution is -2.45. The van der Waals surface area contributed by atoms with Crippen molar-refractivity contribution in [1.82, 2.24) is 14.8 Å². The number of rotatable bonds is 4. The number of aryl methyl sites for hydroxylation is 1. The van der Waals surface area contributed by atoms with Crippen molar-refractivity contribution in [3.63, 3.8) is 0 Å². The van der Waals surface area contributed by atoms with Crippen LogP contribution in [0.5, 0.6) is 0 Å². The zero-order valence-electron chi connectivity index (χ0n) is 14.1. The van der Waals surface area contributed by atoms with Gasteiger partial charge in [-0.15, -0.1) is 24.8 Å². The van der Waals surface area contributed by atoms with Crippen LogP contribution in [0.3, 0.4) is 0 Å². The van der Waals surface area contributed by atoms with Crippen LogP contribution in [0.25, 0.3) is 10.9 Å². The van der Waals surface area contributed by atoms with E-state index in [1.54, 1.807) is 0 Å². The van der Waals surface area contributed by atoms with Gasteiger partial charge >= 0.3 is 6.18 Å². The molecule has 2 heterocycles. The molecule has 0 radical (unpaired) electrons. The Bertz CT molecular complexity index is 667. The number of aromatic nitrogens is 1. The number of nitrogens with one attached hydrogen (secondary N) is 1. The molecular weight excluding hydrogens is 374 g/mol. The molecular formula is C17H24Cl2F3N3. The van der Waals surface area contributed by atoms with E-state index < -0.39 is 12.6 Å². The van der Waals surface area contributed by atoms with Crippen LogP contribution in [-0.4, -0.2) is 41.8 Å². The molecule has 0 amide bonds. The molecule has 0 unspecified atom stereocenters. The Labute approximate surface area is 158 Å². The molecule has 2 aromatic rings. The number of hydrogen-bond acceptors (Lipinski definition) is 2. The van der Waals surface area contributed by atoms with E-state index in [9.17, 15) is 13.2 Å². The maximum Gasteiger partial charge on any atom is 0.389 e. The highest BCUT2D eigenvalue weighted by atomic mass is 35.5. The molecule has 1 aliphatic heterocycles. The highest BCUT2D eigenvalue weighted by Gasteiger charge is 2.32. The zero-order valence-corrected chi connectivity index (χ0v) is 15.7. The van der Waals surface area contributed by atoms with Gasteiger partial charge in [0.15, 0.2) is 0 Å². The monoisotopic (exact) mass is 397 g/mol. The van der Waals surface area contributed by atoms with Crippen LogP contribution in [0.1, 0.15) is 24.4 Å². The second kappa shape index (κ2) is 9.12. The van der Waals surface area contributed by atoms with Gasteiger partial charge in [0.25, 0.3) is 0 Å². The van der Waals surface area contributed by atoms with Crippen LogP contribution in [-0.2, 0) is 7.05 Å². The lowest BCUT2D eigenvalue weighted by molar-refractivity contribution is -0.138. The Kier molecular flexibility index (Phi) is 8.06. The van der Waals surface area contributed by atoms with Gasteiger partial charge in [0.2, 0.25) is 0 Å². The minimum absolute atomic E-state index is 0. The standard InChI is InChI=1S/C17H22F3N3.2ClH/c1-22-12-14(13-4-2-3-5-15(13)22)16(6-7-17(18,19)20)23-10-8-21-9-11-23;;/h2-5,12,16,21H,6-11H2,1H3;2*1H/t16-;;/m0../s1. The number of benzene rings is 1. The van der Waals surface area contributed by atoms with Crippen LogP contribution in [0.15, 0.2) is 30.5 Å². The summed E-state index contributed by atoms with van der Waals surface area (Å²) in [6.45, 7) is 3.22. The summed E-state index contributed by atoms with van der Waals surface area (Å²) in [5.41, 5.74) is 2.07. The van der Waals surface area contributed by atoms with E-state index >= 15 is 0 Å². The van der Waals surface area contributed by atoms with Crippen molar-refractivity contribution in [2.24, 2.45) is 7.05 Å². The normalized spacial score (nSPS) is 17.0. The van der Waals surface area contributed by atoms with Crippen molar-refractivity contribution in [3.05, 3.63) is 36.0 Å². The molecule has 0 bridgehead atoms. The Balaban J connectivity index is 0.00000156. The van der Waals surface area contributed by atoms with Crippen LogP contribution in [0.2, 0.25) is 0 Å². The summed E-state index contributed by atoms with van der Waals surface area (Å²) in [5, 5.41) is 4.32. The van der Waals surface area contributed by atoms with E-state index in [1.807, 2.05) is 42.1 Å². The van der Waals surface area contributed by atoms with Gasteiger partial charge < -0.3 is 9.88 Å². The van der Waals surface area contributed by atoms with Gasteiger partial charge in [-0.25, -0.2) is 0 Å². The molecule has 8 heteroatoms. The first-order valence-electron chi connectivity index (χ1n) is 8.01. The predicted molar refractivity (Wildman–Crippen MR) is 99.9 cm³/mol. The van der Waals surface area contributed by atoms with Crippen molar-refractivity contribution in [2.45, 2.75) is 25.1 Å². The molecule has 1 aromatic heterocycles. The molecule has 3 nitrogen and oxygen atoms in total. The maximum absolute atomic E-state index is 12.8. The molecule has 1 saturated heterocycles. The molecule has 25 heavy (non-hydrogen) atoms. The van der Waals surface area contributed by atoms with Gasteiger partial charge in [-0.05, 0) is 18.1 Å². The molecule has 1 aromatic carbocycles. The quantitative estimate of drug-likeness (QED) is 0.829. The fraction of sp³-hybridized carbons (Fsp3) is 0.529. The topological polar surface area (TPSA) is 20.2 Å². The van der Waals surface area contributed by atoms with Crippen molar-refractivity contribution < 1.29 is 13.2 Å². The van der Waals surface area contributed by atoms with Gasteiger partial charge in [-0.2, -0.15) is 13.2 Å². The van der Waals surface area contributed by atoms with E-state index in [1.165, 1.54) is 0 Å². The highest BCUT2D eigenvalue weighted by molar-refractivity contribution is 5.86. The molecule has 0 spiro atoms. The average Bonchev–Trinajstić information content (AvgIpc) is 2.85. The second-order valence-corrected chi connectivity index (χ2v) is 6.17. The number of fused-ring (bicyclic) bond motifs is 1. The third-order valence-electron chi connectivity index (χ3n) is 4.58. The Hall–Kier alpha value is -0.950. The van der Waals surface area contributed by atoms with Gasteiger partial charge in [0.1, 0.15) is 0 Å². The number of piperazine rings is 1. The summed E-state index contributed by atoms with van der Waals surface area (Å²) in [7, 11) is 1.95. The van der Waals surface area contributed by atoms with Gasteiger partial charge in [-0.1, -0.05) is 18.2 Å². The number of nitrogens with zero attached hydrogens (tertiary/aromatic N) is 2. The van der Waals surface area contributed by atoms with Crippen molar-refractivity contribution in [3.8, 4) is 0 Å². The lowest BCUT2D eigenvalue weighted by atomic mass is 9.98. The molecule has 0 saturated carbocycles. The van der Waals surface area contributed by atoms with Crippen LogP contribution in [0, 0.1) is 0 Å². The van der Waals surface area contributed by atoms with E-state index in [-0.39, 0.29) is 37.3 Å². The summed E-state index contributed by atoms with van der Waals surface area (Å²) in [6, 6.07) is 7.74. The first-order chi connectivity index (χ1) is 11.0. The third kappa shape index (κ3) is 5.26. The fourth-order valence-electron chi connectivity index (χ4n) is 3.47. The minimum atomic E-state index is -4.11. The number of hydrogen-bond donors (Lipinski definition) is 1. The average molecular weight is 398 g/mol. The fourth-order valence-corrected chi connectivity index (χ4v) is 3.47. The summed E-state index contributed by atoms with van der Waals surface area (Å²) >= 11 is 0. The summed E-state index contributed by atoms with van der Waals surface area (Å²) in [5.74, 6) is 0. The van der Waals surface area contributed by atoms with Crippen molar-refractivity contribution >= 4 is 35.7 Å². The number of para-hydroxylation sites is 1. The van der Waals surface area contributed by atoms with Crippen LogP contribution >= 0.6 is 24.8 Å². The number of halogens is 5. The number of alkyl halides is 3. The van der Waals surface area contributed by atoms with E-state index in [0.29, 0.717) is 0 Å². The molecule has 3 rings (SSSR count). The lowest BCUT2D eigenvalue weighted by Gasteiger charge is -2.35. The van der Waals surface area contributed by atoms with E-state index in [4.69, 9.17) is 0 Å². The van der Waals surface area contributed by atoms with Gasteiger partial charge in [-0.3, -0.25) is 4.90 Å². The van der Waals surface area contributed by atoms with Crippen LogP contribution in [0.4, 0.5) is 13.2 Å². The third-order valence-corrected chi connectivity index (χ3v) is 4.58. The first-order valence-corrected chi connectivity index (χ1v) is 8.01. The molecule has 142 valence electrons. The smallest absolute Gasteiger partial charge is 0.350 e. The van der Waals surface area contributed by atoms with Gasteiger partial charge in [0.05, 0.1) is 0 Å². The van der Waals surface area contributed by atoms with E-state index in [0.717, 1.165) is 42.6 Å². The summed E-state index contributed by atoms with van der Waals surface area (Å²) < 4.78 is 40.4. The minimum Gasteiger partial charge on any atom is -0.350 e. The highest BCUT2D eigenvalue weighted by Crippen LogP contribution is 2.35. The summed E-state index contributed by atoms with van der Waals surface area (Å²) in [4.78, 5) is 2.18. The second-order valence-electron chi connectivity index (χ2n) is 6.17.